The molecule has 0 aliphatic carbocycles. The van der Waals surface area contributed by atoms with Crippen molar-refractivity contribution in [2.45, 2.75) is 52.0 Å². The van der Waals surface area contributed by atoms with E-state index in [1.54, 1.807) is 0 Å². The Morgan fingerprint density at radius 1 is 1.41 bits per heavy atom. The molecule has 0 saturated carbocycles. The lowest BCUT2D eigenvalue weighted by Gasteiger charge is -2.20. The van der Waals surface area contributed by atoms with Crippen molar-refractivity contribution in [1.29, 1.82) is 0 Å². The minimum atomic E-state index is 0.418. The Kier molecular flexibility index (Phi) is 6.66. The van der Waals surface area contributed by atoms with Crippen LogP contribution in [0.15, 0.2) is 12.3 Å². The van der Waals surface area contributed by atoms with E-state index in [2.05, 4.69) is 48.9 Å². The van der Waals surface area contributed by atoms with Crippen LogP contribution in [0.4, 0.5) is 0 Å². The van der Waals surface area contributed by atoms with Crippen molar-refractivity contribution in [3.05, 3.63) is 18.0 Å². The van der Waals surface area contributed by atoms with Gasteiger partial charge in [-0.2, -0.15) is 16.9 Å². The highest BCUT2D eigenvalue weighted by Gasteiger charge is 2.15. The van der Waals surface area contributed by atoms with Crippen molar-refractivity contribution in [2.75, 3.05) is 12.3 Å². The first-order chi connectivity index (χ1) is 8.22. The van der Waals surface area contributed by atoms with E-state index >= 15 is 0 Å². The van der Waals surface area contributed by atoms with Crippen LogP contribution in [0.3, 0.4) is 0 Å². The van der Waals surface area contributed by atoms with Gasteiger partial charge in [0, 0.05) is 23.7 Å². The van der Waals surface area contributed by atoms with Crippen LogP contribution in [0.1, 0.15) is 45.9 Å². The molecule has 17 heavy (non-hydrogen) atoms. The van der Waals surface area contributed by atoms with Gasteiger partial charge in [0.05, 0.1) is 11.7 Å². The number of hydrogen-bond donors (Lipinski definition) is 1. The fourth-order valence-corrected chi connectivity index (χ4v) is 2.82. The van der Waals surface area contributed by atoms with E-state index in [9.17, 15) is 0 Å². The zero-order chi connectivity index (χ0) is 12.7. The van der Waals surface area contributed by atoms with Crippen LogP contribution in [0.2, 0.25) is 0 Å². The zero-order valence-electron chi connectivity index (χ0n) is 11.4. The van der Waals surface area contributed by atoms with Crippen molar-refractivity contribution in [1.82, 2.24) is 15.1 Å². The van der Waals surface area contributed by atoms with Gasteiger partial charge in [-0.05, 0) is 26.0 Å². The molecule has 0 radical (unpaired) electrons. The smallest absolute Gasteiger partial charge is 0.0583 e. The van der Waals surface area contributed by atoms with Crippen molar-refractivity contribution in [3.8, 4) is 0 Å². The third kappa shape index (κ3) is 4.36. The van der Waals surface area contributed by atoms with Crippen LogP contribution in [0, 0.1) is 0 Å². The molecule has 2 unspecified atom stereocenters. The summed E-state index contributed by atoms with van der Waals surface area (Å²) in [6.07, 6.45) is 3.13. The van der Waals surface area contributed by atoms with Gasteiger partial charge in [0.1, 0.15) is 0 Å². The monoisotopic (exact) mass is 255 g/mol. The second-order valence-electron chi connectivity index (χ2n) is 4.23. The van der Waals surface area contributed by atoms with Gasteiger partial charge in [0.25, 0.3) is 0 Å². The molecule has 0 aliphatic heterocycles. The van der Waals surface area contributed by atoms with E-state index < -0.39 is 0 Å². The van der Waals surface area contributed by atoms with E-state index in [1.807, 2.05) is 18.0 Å². The number of thioether (sulfide) groups is 1. The summed E-state index contributed by atoms with van der Waals surface area (Å²) in [5.41, 5.74) is 1.31. The minimum absolute atomic E-state index is 0.418. The van der Waals surface area contributed by atoms with Crippen molar-refractivity contribution < 1.29 is 0 Å². The lowest BCUT2D eigenvalue weighted by atomic mass is 10.2. The van der Waals surface area contributed by atoms with E-state index in [4.69, 9.17) is 0 Å². The van der Waals surface area contributed by atoms with Crippen LogP contribution >= 0.6 is 11.8 Å². The number of hydrogen-bond acceptors (Lipinski definition) is 3. The summed E-state index contributed by atoms with van der Waals surface area (Å²) in [6.45, 7) is 10.8. The molecule has 0 fully saturated rings. The molecule has 1 rings (SSSR count). The fourth-order valence-electron chi connectivity index (χ4n) is 1.78. The molecule has 4 heteroatoms. The molecule has 1 aromatic heterocycles. The summed E-state index contributed by atoms with van der Waals surface area (Å²) in [6, 6.07) is 2.55. The normalized spacial score (nSPS) is 14.8. The SMILES string of the molecule is CCNC(CSC(C)CC)c1ccnn1CC. The van der Waals surface area contributed by atoms with Gasteiger partial charge in [0.2, 0.25) is 0 Å². The molecule has 0 aliphatic rings. The zero-order valence-corrected chi connectivity index (χ0v) is 12.3. The first kappa shape index (κ1) is 14.6. The number of rotatable bonds is 8. The molecular weight excluding hydrogens is 230 g/mol. The second-order valence-corrected chi connectivity index (χ2v) is 5.71. The molecule has 0 amide bonds. The maximum absolute atomic E-state index is 4.35. The number of nitrogens with one attached hydrogen (secondary N) is 1. The predicted octanol–water partition coefficient (Wildman–Crippen LogP) is 3.09. The molecule has 3 nitrogen and oxygen atoms in total. The Balaban J connectivity index is 2.64. The second kappa shape index (κ2) is 7.77. The fraction of sp³-hybridized carbons (Fsp3) is 0.769. The first-order valence-electron chi connectivity index (χ1n) is 6.59. The van der Waals surface area contributed by atoms with Gasteiger partial charge < -0.3 is 5.32 Å². The molecule has 1 heterocycles. The molecule has 0 spiro atoms. The van der Waals surface area contributed by atoms with Gasteiger partial charge >= 0.3 is 0 Å². The van der Waals surface area contributed by atoms with Gasteiger partial charge in [-0.3, -0.25) is 4.68 Å². The Morgan fingerprint density at radius 3 is 2.76 bits per heavy atom. The quantitative estimate of drug-likeness (QED) is 0.774. The lowest BCUT2D eigenvalue weighted by Crippen LogP contribution is -2.26. The number of aromatic nitrogens is 2. The Labute approximate surface area is 109 Å². The summed E-state index contributed by atoms with van der Waals surface area (Å²) in [5.74, 6) is 1.12. The van der Waals surface area contributed by atoms with Gasteiger partial charge in [-0.1, -0.05) is 20.8 Å². The maximum Gasteiger partial charge on any atom is 0.0583 e. The van der Waals surface area contributed by atoms with Crippen LogP contribution in [-0.2, 0) is 6.54 Å². The number of aryl methyl sites for hydroxylation is 1. The average Bonchev–Trinajstić information content (AvgIpc) is 2.82. The number of nitrogens with zero attached hydrogens (tertiary/aromatic N) is 2. The average molecular weight is 255 g/mol. The standard InChI is InChI=1S/C13H25N3S/c1-5-11(4)17-10-12(14-6-2)13-8-9-15-16(13)7-3/h8-9,11-12,14H,5-7,10H2,1-4H3. The van der Waals surface area contributed by atoms with E-state index in [1.165, 1.54) is 12.1 Å². The third-order valence-corrected chi connectivity index (χ3v) is 4.41. The summed E-state index contributed by atoms with van der Waals surface area (Å²) >= 11 is 2.04. The molecule has 0 bridgehead atoms. The topological polar surface area (TPSA) is 29.9 Å². The third-order valence-electron chi connectivity index (χ3n) is 2.98. The van der Waals surface area contributed by atoms with E-state index in [-0.39, 0.29) is 0 Å². The van der Waals surface area contributed by atoms with Crippen LogP contribution in [-0.4, -0.2) is 27.3 Å². The van der Waals surface area contributed by atoms with Crippen molar-refractivity contribution in [3.63, 3.8) is 0 Å². The molecule has 1 aromatic rings. The Bertz CT molecular complexity index is 311. The lowest BCUT2D eigenvalue weighted by molar-refractivity contribution is 0.526. The predicted molar refractivity (Wildman–Crippen MR) is 76.5 cm³/mol. The molecular formula is C13H25N3S. The van der Waals surface area contributed by atoms with E-state index in [0.29, 0.717) is 6.04 Å². The molecule has 2 atom stereocenters. The Morgan fingerprint density at radius 2 is 2.18 bits per heavy atom. The first-order valence-corrected chi connectivity index (χ1v) is 7.64. The van der Waals surface area contributed by atoms with E-state index in [0.717, 1.165) is 24.1 Å². The highest BCUT2D eigenvalue weighted by Crippen LogP contribution is 2.22. The van der Waals surface area contributed by atoms with Crippen LogP contribution < -0.4 is 5.32 Å². The van der Waals surface area contributed by atoms with Crippen molar-refractivity contribution >= 4 is 11.8 Å². The summed E-state index contributed by atoms with van der Waals surface area (Å²) in [7, 11) is 0. The summed E-state index contributed by atoms with van der Waals surface area (Å²) in [4.78, 5) is 0. The minimum Gasteiger partial charge on any atom is -0.308 e. The van der Waals surface area contributed by atoms with Gasteiger partial charge in [0.15, 0.2) is 0 Å². The molecule has 0 aromatic carbocycles. The maximum atomic E-state index is 4.35. The molecule has 0 saturated heterocycles. The van der Waals surface area contributed by atoms with Gasteiger partial charge in [-0.25, -0.2) is 0 Å². The molecule has 98 valence electrons. The highest BCUT2D eigenvalue weighted by atomic mass is 32.2. The molecule has 1 N–H and O–H groups in total. The van der Waals surface area contributed by atoms with Crippen LogP contribution in [0.5, 0.6) is 0 Å². The van der Waals surface area contributed by atoms with Gasteiger partial charge in [-0.15, -0.1) is 0 Å². The van der Waals surface area contributed by atoms with Crippen LogP contribution in [0.25, 0.3) is 0 Å². The van der Waals surface area contributed by atoms with Crippen molar-refractivity contribution in [2.24, 2.45) is 0 Å². The summed E-state index contributed by atoms with van der Waals surface area (Å²) in [5, 5.41) is 8.64. The largest absolute Gasteiger partial charge is 0.308 e. The Hall–Kier alpha value is -0.480. The highest BCUT2D eigenvalue weighted by molar-refractivity contribution is 7.99. The summed E-state index contributed by atoms with van der Waals surface area (Å²) < 4.78 is 2.09.